The number of hydrogen-bond acceptors (Lipinski definition) is 3. The molecular weight excluding hydrogens is 192 g/mol. The molecule has 1 aliphatic heterocycles. The fourth-order valence-corrected chi connectivity index (χ4v) is 1.97. The second-order valence-electron chi connectivity index (χ2n) is 3.75. The summed E-state index contributed by atoms with van der Waals surface area (Å²) in [6.07, 6.45) is 0.867. The van der Waals surface area contributed by atoms with Crippen LogP contribution in [0.4, 0.5) is 0 Å². The predicted octanol–water partition coefficient (Wildman–Crippen LogP) is 1.97. The Morgan fingerprint density at radius 3 is 2.53 bits per heavy atom. The molecule has 0 unspecified atom stereocenters. The third kappa shape index (κ3) is 1.27. The summed E-state index contributed by atoms with van der Waals surface area (Å²) in [5.74, 6) is -0.820. The number of hydrogen-bond donors (Lipinski definition) is 0. The molecule has 0 aromatic heterocycles. The number of ether oxygens (including phenoxy) is 1. The van der Waals surface area contributed by atoms with Crippen LogP contribution < -0.4 is 4.74 Å². The first kappa shape index (κ1) is 9.90. The molecule has 0 saturated heterocycles. The van der Waals surface area contributed by atoms with Crippen molar-refractivity contribution in [1.29, 1.82) is 0 Å². The highest BCUT2D eigenvalue weighted by Crippen LogP contribution is 2.34. The average Bonchev–Trinajstić information content (AvgIpc) is 2.50. The maximum atomic E-state index is 11.5. The molecule has 3 nitrogen and oxygen atoms in total. The molecule has 15 heavy (non-hydrogen) atoms. The molecule has 0 bridgehead atoms. The number of esters is 1. The lowest BCUT2D eigenvalue weighted by Crippen LogP contribution is -2.11. The van der Waals surface area contributed by atoms with Crippen LogP contribution in [-0.2, 0) is 11.2 Å². The van der Waals surface area contributed by atoms with Gasteiger partial charge in [0.25, 0.3) is 5.78 Å². The largest absolute Gasteiger partial charge is 0.419 e. The van der Waals surface area contributed by atoms with Crippen molar-refractivity contribution in [2.75, 3.05) is 0 Å². The molecule has 0 radical (unpaired) electrons. The van der Waals surface area contributed by atoms with Gasteiger partial charge in [-0.15, -0.1) is 0 Å². The molecule has 0 N–H and O–H groups in total. The Hall–Kier alpha value is -1.64. The molecule has 78 valence electrons. The second-order valence-corrected chi connectivity index (χ2v) is 3.75. The van der Waals surface area contributed by atoms with E-state index in [9.17, 15) is 9.59 Å². The SMILES string of the molecule is CCc1cc(C)c2c(c1C)OC(=O)C2=O. The monoisotopic (exact) mass is 204 g/mol. The van der Waals surface area contributed by atoms with Crippen molar-refractivity contribution in [2.45, 2.75) is 27.2 Å². The van der Waals surface area contributed by atoms with Crippen molar-refractivity contribution in [2.24, 2.45) is 0 Å². The van der Waals surface area contributed by atoms with E-state index in [2.05, 4.69) is 0 Å². The molecular formula is C12H12O3. The van der Waals surface area contributed by atoms with Gasteiger partial charge in [-0.05, 0) is 37.0 Å². The zero-order valence-electron chi connectivity index (χ0n) is 9.01. The van der Waals surface area contributed by atoms with E-state index in [1.165, 1.54) is 0 Å². The van der Waals surface area contributed by atoms with Gasteiger partial charge in [-0.25, -0.2) is 4.79 Å². The van der Waals surface area contributed by atoms with Gasteiger partial charge >= 0.3 is 5.97 Å². The maximum Gasteiger partial charge on any atom is 0.385 e. The number of Topliss-reactive ketones (excluding diaryl/α,β-unsaturated/α-hetero) is 1. The molecule has 0 atom stereocenters. The molecule has 0 amide bonds. The molecule has 1 aromatic rings. The minimum Gasteiger partial charge on any atom is -0.419 e. The van der Waals surface area contributed by atoms with E-state index in [1.54, 1.807) is 0 Å². The standard InChI is InChI=1S/C12H12O3/c1-4-8-5-6(2)9-10(13)12(14)15-11(9)7(8)3/h5H,4H2,1-3H3. The summed E-state index contributed by atoms with van der Waals surface area (Å²) in [6, 6.07) is 1.95. The van der Waals surface area contributed by atoms with E-state index in [0.717, 1.165) is 23.1 Å². The number of rotatable bonds is 1. The van der Waals surface area contributed by atoms with E-state index in [-0.39, 0.29) is 0 Å². The molecule has 2 rings (SSSR count). The molecule has 0 fully saturated rings. The average molecular weight is 204 g/mol. The summed E-state index contributed by atoms with van der Waals surface area (Å²) in [4.78, 5) is 22.7. The summed E-state index contributed by atoms with van der Waals surface area (Å²) in [7, 11) is 0. The molecule has 3 heteroatoms. The molecule has 1 aliphatic rings. The van der Waals surface area contributed by atoms with Gasteiger partial charge in [0, 0.05) is 0 Å². The zero-order chi connectivity index (χ0) is 11.2. The lowest BCUT2D eigenvalue weighted by Gasteiger charge is -2.09. The summed E-state index contributed by atoms with van der Waals surface area (Å²) >= 11 is 0. The van der Waals surface area contributed by atoms with Crippen molar-refractivity contribution >= 4 is 11.8 Å². The number of aryl methyl sites for hydroxylation is 2. The van der Waals surface area contributed by atoms with Crippen LogP contribution in [0.5, 0.6) is 5.75 Å². The smallest absolute Gasteiger partial charge is 0.385 e. The van der Waals surface area contributed by atoms with Crippen LogP contribution in [0.1, 0.15) is 34.0 Å². The lowest BCUT2D eigenvalue weighted by molar-refractivity contribution is -0.128. The normalized spacial score (nSPS) is 14.1. The Balaban J connectivity index is 2.73. The van der Waals surface area contributed by atoms with Gasteiger partial charge in [0.1, 0.15) is 5.75 Å². The molecule has 0 aliphatic carbocycles. The number of carbonyl (C=O) groups is 2. The number of carbonyl (C=O) groups excluding carboxylic acids is 2. The number of ketones is 1. The van der Waals surface area contributed by atoms with Gasteiger partial charge in [-0.2, -0.15) is 0 Å². The van der Waals surface area contributed by atoms with Gasteiger partial charge in [-0.3, -0.25) is 4.79 Å². The minimum absolute atomic E-state index is 0.440. The predicted molar refractivity (Wildman–Crippen MR) is 55.3 cm³/mol. The Labute approximate surface area is 88.1 Å². The maximum absolute atomic E-state index is 11.5. The van der Waals surface area contributed by atoms with Crippen molar-refractivity contribution in [3.8, 4) is 5.75 Å². The van der Waals surface area contributed by atoms with Gasteiger partial charge in [0.05, 0.1) is 5.56 Å². The van der Waals surface area contributed by atoms with Crippen LogP contribution in [0, 0.1) is 13.8 Å². The summed E-state index contributed by atoms with van der Waals surface area (Å²) in [6.45, 7) is 5.74. The van der Waals surface area contributed by atoms with Crippen molar-refractivity contribution in [3.05, 3.63) is 28.3 Å². The Morgan fingerprint density at radius 2 is 1.93 bits per heavy atom. The minimum atomic E-state index is -0.760. The van der Waals surface area contributed by atoms with E-state index in [0.29, 0.717) is 11.3 Å². The van der Waals surface area contributed by atoms with Crippen LogP contribution in [0.2, 0.25) is 0 Å². The van der Waals surface area contributed by atoms with Crippen molar-refractivity contribution in [3.63, 3.8) is 0 Å². The van der Waals surface area contributed by atoms with Crippen molar-refractivity contribution in [1.82, 2.24) is 0 Å². The van der Waals surface area contributed by atoms with Gasteiger partial charge in [0.2, 0.25) is 0 Å². The van der Waals surface area contributed by atoms with E-state index < -0.39 is 11.8 Å². The van der Waals surface area contributed by atoms with Crippen LogP contribution in [0.15, 0.2) is 6.07 Å². The van der Waals surface area contributed by atoms with Gasteiger partial charge < -0.3 is 4.74 Å². The first-order valence-corrected chi connectivity index (χ1v) is 4.95. The van der Waals surface area contributed by atoms with Crippen LogP contribution in [0.3, 0.4) is 0 Å². The Morgan fingerprint density at radius 1 is 1.27 bits per heavy atom. The first-order valence-electron chi connectivity index (χ1n) is 4.95. The number of benzene rings is 1. The van der Waals surface area contributed by atoms with Crippen LogP contribution in [-0.4, -0.2) is 11.8 Å². The molecule has 0 saturated carbocycles. The highest BCUT2D eigenvalue weighted by molar-refractivity contribution is 6.44. The van der Waals surface area contributed by atoms with Crippen molar-refractivity contribution < 1.29 is 14.3 Å². The number of fused-ring (bicyclic) bond motifs is 1. The summed E-state index contributed by atoms with van der Waals surface area (Å²) in [5, 5.41) is 0. The Bertz CT molecular complexity index is 472. The van der Waals surface area contributed by atoms with E-state index >= 15 is 0 Å². The zero-order valence-corrected chi connectivity index (χ0v) is 9.01. The first-order chi connectivity index (χ1) is 7.06. The highest BCUT2D eigenvalue weighted by Gasteiger charge is 2.34. The highest BCUT2D eigenvalue weighted by atomic mass is 16.5. The van der Waals surface area contributed by atoms with Crippen LogP contribution >= 0.6 is 0 Å². The topological polar surface area (TPSA) is 43.4 Å². The third-order valence-corrected chi connectivity index (χ3v) is 2.82. The molecule has 0 spiro atoms. The van der Waals surface area contributed by atoms with E-state index in [4.69, 9.17) is 4.74 Å². The van der Waals surface area contributed by atoms with Gasteiger partial charge in [-0.1, -0.05) is 13.0 Å². The summed E-state index contributed by atoms with van der Waals surface area (Å²) in [5.41, 5.74) is 3.28. The Kier molecular flexibility index (Phi) is 2.11. The third-order valence-electron chi connectivity index (χ3n) is 2.82. The fraction of sp³-hybridized carbons (Fsp3) is 0.333. The molecule has 1 aromatic carbocycles. The second kappa shape index (κ2) is 3.19. The molecule has 1 heterocycles. The fourth-order valence-electron chi connectivity index (χ4n) is 1.97. The van der Waals surface area contributed by atoms with E-state index in [1.807, 2.05) is 26.8 Å². The quantitative estimate of drug-likeness (QED) is 0.399. The van der Waals surface area contributed by atoms with Crippen LogP contribution in [0.25, 0.3) is 0 Å². The summed E-state index contributed by atoms with van der Waals surface area (Å²) < 4.78 is 4.98. The lowest BCUT2D eigenvalue weighted by atomic mass is 9.96. The van der Waals surface area contributed by atoms with Gasteiger partial charge in [0.15, 0.2) is 0 Å².